The summed E-state index contributed by atoms with van der Waals surface area (Å²) < 4.78 is 0. The molecule has 22 heavy (non-hydrogen) atoms. The quantitative estimate of drug-likeness (QED) is 0.785. The predicted molar refractivity (Wildman–Crippen MR) is 88.2 cm³/mol. The topological polar surface area (TPSA) is 55.0 Å². The number of nitrogens with two attached hydrogens (primary N) is 1. The number of rotatable bonds is 2. The highest BCUT2D eigenvalue weighted by atomic mass is 15.2. The highest BCUT2D eigenvalue weighted by Gasteiger charge is 2.30. The Balaban J connectivity index is 1.81. The van der Waals surface area contributed by atoms with Crippen LogP contribution in [-0.2, 0) is 0 Å². The third-order valence-corrected chi connectivity index (χ3v) is 4.11. The van der Waals surface area contributed by atoms with E-state index in [1.54, 1.807) is 6.20 Å². The van der Waals surface area contributed by atoms with E-state index in [1.165, 1.54) is 16.8 Å². The maximum atomic E-state index is 5.74. The first kappa shape index (κ1) is 12.8. The van der Waals surface area contributed by atoms with E-state index in [1.807, 2.05) is 12.1 Å². The molecule has 1 aliphatic heterocycles. The van der Waals surface area contributed by atoms with Crippen LogP contribution in [0.25, 0.3) is 0 Å². The lowest BCUT2D eigenvalue weighted by molar-refractivity contribution is 0.849. The van der Waals surface area contributed by atoms with Crippen molar-refractivity contribution in [2.45, 2.75) is 5.92 Å². The van der Waals surface area contributed by atoms with Crippen molar-refractivity contribution in [3.05, 3.63) is 78.0 Å². The Morgan fingerprint density at radius 2 is 1.73 bits per heavy atom. The molecule has 0 saturated carbocycles. The van der Waals surface area contributed by atoms with E-state index in [9.17, 15) is 0 Å². The van der Waals surface area contributed by atoms with Gasteiger partial charge < -0.3 is 10.6 Å². The van der Waals surface area contributed by atoms with Crippen molar-refractivity contribution >= 4 is 17.5 Å². The largest absolute Gasteiger partial charge is 0.368 e. The highest BCUT2D eigenvalue weighted by Crippen LogP contribution is 2.42. The summed E-state index contributed by atoms with van der Waals surface area (Å²) in [5.41, 5.74) is 9.58. The normalized spacial score (nSPS) is 16.5. The molecule has 2 heterocycles. The Hall–Kier alpha value is -2.88. The first-order chi connectivity index (χ1) is 10.8. The van der Waals surface area contributed by atoms with E-state index >= 15 is 0 Å². The van der Waals surface area contributed by atoms with Gasteiger partial charge in [0.2, 0.25) is 5.95 Å². The van der Waals surface area contributed by atoms with Crippen molar-refractivity contribution in [3.8, 4) is 0 Å². The molecule has 4 heteroatoms. The van der Waals surface area contributed by atoms with E-state index < -0.39 is 0 Å². The molecule has 1 aliphatic rings. The summed E-state index contributed by atoms with van der Waals surface area (Å²) in [6.07, 6.45) is 1.70. The Bertz CT molecular complexity index is 801. The van der Waals surface area contributed by atoms with Gasteiger partial charge in [0, 0.05) is 24.3 Å². The smallest absolute Gasteiger partial charge is 0.221 e. The van der Waals surface area contributed by atoms with Crippen LogP contribution in [0.15, 0.2) is 66.9 Å². The van der Waals surface area contributed by atoms with Crippen LogP contribution in [0, 0.1) is 0 Å². The third kappa shape index (κ3) is 2.09. The highest BCUT2D eigenvalue weighted by molar-refractivity contribution is 5.71. The van der Waals surface area contributed by atoms with Gasteiger partial charge >= 0.3 is 0 Å². The average Bonchev–Trinajstić information content (AvgIpc) is 2.95. The fraction of sp³-hybridized carbons (Fsp3) is 0.111. The third-order valence-electron chi connectivity index (χ3n) is 4.11. The molecule has 4 nitrogen and oxygen atoms in total. The molecule has 108 valence electrons. The van der Waals surface area contributed by atoms with Crippen molar-refractivity contribution in [2.75, 3.05) is 17.2 Å². The van der Waals surface area contributed by atoms with Gasteiger partial charge in [0.15, 0.2) is 0 Å². The molecule has 4 rings (SSSR count). The molecule has 0 fully saturated rings. The Morgan fingerprint density at radius 1 is 0.955 bits per heavy atom. The maximum Gasteiger partial charge on any atom is 0.221 e. The minimum Gasteiger partial charge on any atom is -0.368 e. The first-order valence-electron chi connectivity index (χ1n) is 7.33. The van der Waals surface area contributed by atoms with Gasteiger partial charge in [-0.2, -0.15) is 4.98 Å². The number of nitrogen functional groups attached to an aromatic ring is 1. The number of aromatic nitrogens is 2. The van der Waals surface area contributed by atoms with Crippen LogP contribution in [0.5, 0.6) is 0 Å². The average molecular weight is 288 g/mol. The van der Waals surface area contributed by atoms with Gasteiger partial charge in [0.05, 0.1) is 0 Å². The zero-order valence-electron chi connectivity index (χ0n) is 12.1. The second-order valence-corrected chi connectivity index (χ2v) is 5.41. The molecule has 1 atom stereocenters. The second-order valence-electron chi connectivity index (χ2n) is 5.41. The lowest BCUT2D eigenvalue weighted by Gasteiger charge is -2.19. The van der Waals surface area contributed by atoms with Crippen molar-refractivity contribution in [1.82, 2.24) is 9.97 Å². The molecule has 0 aliphatic carbocycles. The Kier molecular flexibility index (Phi) is 3.00. The molecule has 0 amide bonds. The van der Waals surface area contributed by atoms with Crippen LogP contribution in [0.2, 0.25) is 0 Å². The molecular weight excluding hydrogens is 272 g/mol. The number of para-hydroxylation sites is 1. The maximum absolute atomic E-state index is 5.74. The lowest BCUT2D eigenvalue weighted by atomic mass is 9.93. The summed E-state index contributed by atoms with van der Waals surface area (Å²) in [7, 11) is 0. The van der Waals surface area contributed by atoms with Gasteiger partial charge in [-0.05, 0) is 23.3 Å². The van der Waals surface area contributed by atoms with Crippen molar-refractivity contribution in [1.29, 1.82) is 0 Å². The number of benzene rings is 2. The Morgan fingerprint density at radius 3 is 2.55 bits per heavy atom. The summed E-state index contributed by atoms with van der Waals surface area (Å²) in [4.78, 5) is 10.6. The molecule has 1 aromatic heterocycles. The summed E-state index contributed by atoms with van der Waals surface area (Å²) in [5.74, 6) is 1.49. The zero-order chi connectivity index (χ0) is 14.9. The summed E-state index contributed by atoms with van der Waals surface area (Å²) >= 11 is 0. The van der Waals surface area contributed by atoms with Gasteiger partial charge in [-0.1, -0.05) is 48.5 Å². The van der Waals surface area contributed by atoms with Crippen LogP contribution < -0.4 is 10.6 Å². The van der Waals surface area contributed by atoms with E-state index in [-0.39, 0.29) is 0 Å². The monoisotopic (exact) mass is 288 g/mol. The molecule has 2 aromatic carbocycles. The van der Waals surface area contributed by atoms with E-state index in [0.717, 1.165) is 12.4 Å². The van der Waals surface area contributed by atoms with Crippen LogP contribution >= 0.6 is 0 Å². The van der Waals surface area contributed by atoms with E-state index in [0.29, 0.717) is 11.9 Å². The van der Waals surface area contributed by atoms with Gasteiger partial charge in [-0.25, -0.2) is 4.98 Å². The van der Waals surface area contributed by atoms with Crippen molar-refractivity contribution in [2.24, 2.45) is 0 Å². The Labute approximate surface area is 129 Å². The van der Waals surface area contributed by atoms with Gasteiger partial charge in [-0.3, -0.25) is 0 Å². The molecule has 3 aromatic rings. The minimum atomic E-state index is 0.304. The summed E-state index contributed by atoms with van der Waals surface area (Å²) in [6.45, 7) is 0.861. The molecular formula is C18H16N4. The number of nitrogens with zero attached hydrogens (tertiary/aromatic N) is 3. The van der Waals surface area contributed by atoms with Gasteiger partial charge in [0.25, 0.3) is 0 Å². The van der Waals surface area contributed by atoms with Crippen molar-refractivity contribution in [3.63, 3.8) is 0 Å². The SMILES string of the molecule is Nc1nccc(N2CC(c3ccccc3)c3ccccc32)n1. The minimum absolute atomic E-state index is 0.304. The molecule has 2 N–H and O–H groups in total. The van der Waals surface area contributed by atoms with Crippen LogP contribution in [-0.4, -0.2) is 16.5 Å². The lowest BCUT2D eigenvalue weighted by Crippen LogP contribution is -2.18. The summed E-state index contributed by atoms with van der Waals surface area (Å²) in [6, 6.07) is 21.0. The number of anilines is 3. The fourth-order valence-corrected chi connectivity index (χ4v) is 3.11. The first-order valence-corrected chi connectivity index (χ1v) is 7.33. The molecule has 1 unspecified atom stereocenters. The van der Waals surface area contributed by atoms with Gasteiger partial charge in [0.1, 0.15) is 5.82 Å². The summed E-state index contributed by atoms with van der Waals surface area (Å²) in [5, 5.41) is 0. The van der Waals surface area contributed by atoms with Crippen LogP contribution in [0.1, 0.15) is 17.0 Å². The second kappa shape index (κ2) is 5.15. The van der Waals surface area contributed by atoms with E-state index in [4.69, 9.17) is 5.73 Å². The number of hydrogen-bond acceptors (Lipinski definition) is 4. The van der Waals surface area contributed by atoms with Gasteiger partial charge in [-0.15, -0.1) is 0 Å². The molecule has 0 saturated heterocycles. The standard InChI is InChI=1S/C18H16N4/c19-18-20-11-10-17(21-18)22-12-15(13-6-2-1-3-7-13)14-8-4-5-9-16(14)22/h1-11,15H,12H2,(H2,19,20,21). The zero-order valence-corrected chi connectivity index (χ0v) is 12.1. The predicted octanol–water partition coefficient (Wildman–Crippen LogP) is 3.34. The molecule has 0 radical (unpaired) electrons. The van der Waals surface area contributed by atoms with Crippen LogP contribution in [0.3, 0.4) is 0 Å². The number of fused-ring (bicyclic) bond motifs is 1. The van der Waals surface area contributed by atoms with E-state index in [2.05, 4.69) is 63.4 Å². The number of hydrogen-bond donors (Lipinski definition) is 1. The van der Waals surface area contributed by atoms with Crippen molar-refractivity contribution < 1.29 is 0 Å². The molecule has 0 spiro atoms. The van der Waals surface area contributed by atoms with Crippen LogP contribution in [0.4, 0.5) is 17.5 Å². The molecule has 0 bridgehead atoms. The fourth-order valence-electron chi connectivity index (χ4n) is 3.11.